The average Bonchev–Trinajstić information content (AvgIpc) is 3.63. The molecule has 0 N–H and O–H groups in total. The van der Waals surface area contributed by atoms with E-state index in [9.17, 15) is 21.6 Å². The molecule has 0 saturated carbocycles. The molecule has 2 saturated heterocycles. The molecule has 2 aliphatic rings. The summed E-state index contributed by atoms with van der Waals surface area (Å²) in [6, 6.07) is 9.12. The van der Waals surface area contributed by atoms with E-state index in [2.05, 4.69) is 20.1 Å². The van der Waals surface area contributed by atoms with Crippen LogP contribution in [0, 0.1) is 5.82 Å². The number of benzene rings is 1. The lowest BCUT2D eigenvalue weighted by Crippen LogP contribution is -2.49. The molecule has 0 atom stereocenters. The topological polar surface area (TPSA) is 106 Å². The van der Waals surface area contributed by atoms with Gasteiger partial charge in [0.1, 0.15) is 11.5 Å². The summed E-state index contributed by atoms with van der Waals surface area (Å²) in [7, 11) is -3.88. The Morgan fingerprint density at radius 1 is 1.05 bits per heavy atom. The number of hydrogen-bond donors (Lipinski definition) is 0. The number of ether oxygens (including phenoxy) is 1. The van der Waals surface area contributed by atoms with Gasteiger partial charge >= 0.3 is 6.43 Å². The third kappa shape index (κ3) is 5.81. The van der Waals surface area contributed by atoms with Crippen LogP contribution >= 0.6 is 0 Å². The van der Waals surface area contributed by atoms with Crippen LogP contribution in [0.1, 0.15) is 43.7 Å². The minimum Gasteiger partial charge on any atom is -0.415 e. The summed E-state index contributed by atoms with van der Waals surface area (Å²) >= 11 is 0. The summed E-state index contributed by atoms with van der Waals surface area (Å²) in [4.78, 5) is 6.92. The van der Waals surface area contributed by atoms with Gasteiger partial charge in [-0.1, -0.05) is 6.07 Å². The first-order chi connectivity index (χ1) is 19.8. The average molecular weight is 591 g/mol. The van der Waals surface area contributed by atoms with Crippen molar-refractivity contribution in [2.45, 2.75) is 49.9 Å². The molecule has 14 heteroatoms. The zero-order valence-electron chi connectivity index (χ0n) is 22.1. The highest BCUT2D eigenvalue weighted by atomic mass is 32.2. The van der Waals surface area contributed by atoms with Gasteiger partial charge in [0.15, 0.2) is 0 Å². The quantitative estimate of drug-likeness (QED) is 0.297. The maximum Gasteiger partial charge on any atom is 0.314 e. The van der Waals surface area contributed by atoms with Crippen LogP contribution in [-0.4, -0.2) is 70.5 Å². The number of piperidine rings is 1. The lowest BCUT2D eigenvalue weighted by atomic mass is 10.0. The number of sulfonamides is 1. The smallest absolute Gasteiger partial charge is 0.314 e. The number of halogens is 3. The Kier molecular flexibility index (Phi) is 7.70. The number of rotatable bonds is 8. The Morgan fingerprint density at radius 3 is 2.54 bits per heavy atom. The summed E-state index contributed by atoms with van der Waals surface area (Å²) in [6.45, 7) is 2.68. The number of aromatic nitrogens is 4. The predicted octanol–water partition coefficient (Wildman–Crippen LogP) is 4.44. The first kappa shape index (κ1) is 27.7. The van der Waals surface area contributed by atoms with E-state index in [4.69, 9.17) is 9.15 Å². The molecular weight excluding hydrogens is 561 g/mol. The second-order valence-electron chi connectivity index (χ2n) is 10.3. The van der Waals surface area contributed by atoms with E-state index in [1.807, 2.05) is 0 Å². The number of imidazole rings is 1. The molecule has 0 spiro atoms. The van der Waals surface area contributed by atoms with E-state index in [0.717, 1.165) is 26.1 Å². The first-order valence-corrected chi connectivity index (χ1v) is 15.0. The number of anilines is 1. The Bertz CT molecular complexity index is 1610. The number of hydrogen-bond acceptors (Lipinski definition) is 8. The number of nitrogens with zero attached hydrogens (tertiary/aromatic N) is 6. The van der Waals surface area contributed by atoms with E-state index in [-0.39, 0.29) is 18.1 Å². The zero-order valence-corrected chi connectivity index (χ0v) is 22.9. The summed E-state index contributed by atoms with van der Waals surface area (Å²) < 4.78 is 81.5. The second-order valence-corrected chi connectivity index (χ2v) is 12.4. The Hall–Kier alpha value is -3.49. The molecule has 6 rings (SSSR count). The SMILES string of the molecule is O=S(=O)(C1CCN(C2CCOCC2)CC1)N(Cc1cn2ccc(-c3nnc(C(F)F)o3)cc2n1)c1cccc(F)c1. The van der Waals surface area contributed by atoms with Gasteiger partial charge in [0.2, 0.25) is 15.9 Å². The fourth-order valence-electron chi connectivity index (χ4n) is 5.56. The van der Waals surface area contributed by atoms with Gasteiger partial charge in [0.05, 0.1) is 23.2 Å². The number of alkyl halides is 2. The van der Waals surface area contributed by atoms with Crippen LogP contribution in [0.5, 0.6) is 0 Å². The van der Waals surface area contributed by atoms with Crippen molar-refractivity contribution in [1.82, 2.24) is 24.5 Å². The number of pyridine rings is 1. The van der Waals surface area contributed by atoms with Gasteiger partial charge in [-0.2, -0.15) is 8.78 Å². The lowest BCUT2D eigenvalue weighted by Gasteiger charge is -2.40. The van der Waals surface area contributed by atoms with Gasteiger partial charge in [0.25, 0.3) is 5.89 Å². The minimum absolute atomic E-state index is 0.0802. The van der Waals surface area contributed by atoms with Crippen molar-refractivity contribution in [3.63, 3.8) is 0 Å². The maximum absolute atomic E-state index is 14.3. The largest absolute Gasteiger partial charge is 0.415 e. The standard InChI is InChI=1S/C27H29F3N6O4S/c28-19-2-1-3-22(15-19)36(41(37,38)23-5-10-34(11-6-23)21-7-12-39-13-8-21)17-20-16-35-9-4-18(14-24(35)31-20)26-32-33-27(40-26)25(29)30/h1-4,9,14-16,21,23,25H,5-8,10-13,17H2. The molecule has 41 heavy (non-hydrogen) atoms. The van der Waals surface area contributed by atoms with Gasteiger partial charge in [-0.05, 0) is 69.1 Å². The van der Waals surface area contributed by atoms with Crippen molar-refractivity contribution in [2.24, 2.45) is 0 Å². The Labute approximate surface area is 234 Å². The first-order valence-electron chi connectivity index (χ1n) is 13.5. The summed E-state index contributed by atoms with van der Waals surface area (Å²) in [5.41, 5.74) is 1.46. The fraction of sp³-hybridized carbons (Fsp3) is 0.444. The van der Waals surface area contributed by atoms with Crippen molar-refractivity contribution in [2.75, 3.05) is 30.6 Å². The van der Waals surface area contributed by atoms with Gasteiger partial charge < -0.3 is 18.5 Å². The van der Waals surface area contributed by atoms with Gasteiger partial charge in [-0.15, -0.1) is 10.2 Å². The molecule has 3 aromatic heterocycles. The van der Waals surface area contributed by atoms with E-state index in [1.165, 1.54) is 22.5 Å². The summed E-state index contributed by atoms with van der Waals surface area (Å²) in [6.07, 6.45) is 3.27. The van der Waals surface area contributed by atoms with Crippen LogP contribution in [0.4, 0.5) is 18.9 Å². The number of likely N-dealkylation sites (tertiary alicyclic amines) is 1. The lowest BCUT2D eigenvalue weighted by molar-refractivity contribution is 0.0277. The van der Waals surface area contributed by atoms with E-state index < -0.39 is 33.4 Å². The van der Waals surface area contributed by atoms with Gasteiger partial charge in [-0.25, -0.2) is 17.8 Å². The maximum atomic E-state index is 14.3. The van der Waals surface area contributed by atoms with Crippen LogP contribution < -0.4 is 4.31 Å². The number of fused-ring (bicyclic) bond motifs is 1. The molecule has 1 aromatic carbocycles. The van der Waals surface area contributed by atoms with Gasteiger partial charge in [-0.3, -0.25) is 4.31 Å². The van der Waals surface area contributed by atoms with Crippen LogP contribution in [0.15, 0.2) is 53.2 Å². The van der Waals surface area contributed by atoms with E-state index >= 15 is 0 Å². The predicted molar refractivity (Wildman–Crippen MR) is 143 cm³/mol. The van der Waals surface area contributed by atoms with Crippen molar-refractivity contribution in [3.05, 3.63) is 66.2 Å². The molecule has 2 aliphatic heterocycles. The summed E-state index contributed by atoms with van der Waals surface area (Å²) in [5.74, 6) is -1.40. The highest BCUT2D eigenvalue weighted by Crippen LogP contribution is 2.31. The van der Waals surface area contributed by atoms with E-state index in [0.29, 0.717) is 48.9 Å². The van der Waals surface area contributed by atoms with Crippen molar-refractivity contribution in [1.29, 1.82) is 0 Å². The molecule has 0 aliphatic carbocycles. The van der Waals surface area contributed by atoms with Crippen LogP contribution in [-0.2, 0) is 21.3 Å². The molecule has 0 bridgehead atoms. The Morgan fingerprint density at radius 2 is 1.83 bits per heavy atom. The second kappa shape index (κ2) is 11.4. The third-order valence-corrected chi connectivity index (χ3v) is 9.97. The molecule has 10 nitrogen and oxygen atoms in total. The molecule has 0 radical (unpaired) electrons. The molecule has 218 valence electrons. The normalized spacial score (nSPS) is 18.0. The van der Waals surface area contributed by atoms with E-state index in [1.54, 1.807) is 35.0 Å². The molecule has 2 fully saturated rings. The Balaban J connectivity index is 1.25. The fourth-order valence-corrected chi connectivity index (χ4v) is 7.44. The van der Waals surface area contributed by atoms with Crippen molar-refractivity contribution >= 4 is 21.4 Å². The highest BCUT2D eigenvalue weighted by molar-refractivity contribution is 7.93. The van der Waals surface area contributed by atoms with Crippen LogP contribution in [0.25, 0.3) is 17.1 Å². The third-order valence-electron chi connectivity index (χ3n) is 7.70. The van der Waals surface area contributed by atoms with Crippen LogP contribution in [0.2, 0.25) is 0 Å². The molecule has 4 aromatic rings. The monoisotopic (exact) mass is 590 g/mol. The molecule has 0 amide bonds. The minimum atomic E-state index is -3.88. The molecule has 0 unspecified atom stereocenters. The summed E-state index contributed by atoms with van der Waals surface area (Å²) in [5, 5.41) is 6.41. The molecular formula is C27H29F3N6O4S. The van der Waals surface area contributed by atoms with Crippen molar-refractivity contribution in [3.8, 4) is 11.5 Å². The van der Waals surface area contributed by atoms with Crippen LogP contribution in [0.3, 0.4) is 0 Å². The van der Waals surface area contributed by atoms with Gasteiger partial charge in [0, 0.05) is 37.2 Å². The highest BCUT2D eigenvalue weighted by Gasteiger charge is 2.37. The molecule has 5 heterocycles. The van der Waals surface area contributed by atoms with Crippen molar-refractivity contribution < 1.29 is 30.7 Å². The zero-order chi connectivity index (χ0) is 28.6.